The van der Waals surface area contributed by atoms with Gasteiger partial charge in [0.25, 0.3) is 0 Å². The van der Waals surface area contributed by atoms with Crippen LogP contribution in [0.2, 0.25) is 0 Å². The molecule has 23 heavy (non-hydrogen) atoms. The van der Waals surface area contributed by atoms with Crippen molar-refractivity contribution in [3.05, 3.63) is 17.7 Å². The summed E-state index contributed by atoms with van der Waals surface area (Å²) in [6.45, 7) is 5.34. The predicted molar refractivity (Wildman–Crippen MR) is 91.0 cm³/mol. The lowest BCUT2D eigenvalue weighted by atomic mass is 9.88. The largest absolute Gasteiger partial charge is 0.345 e. The molecule has 2 aliphatic heterocycles. The topological polar surface area (TPSA) is 52.2 Å². The van der Waals surface area contributed by atoms with E-state index in [9.17, 15) is 4.79 Å². The number of rotatable bonds is 5. The Balaban J connectivity index is 1.56. The number of hydrogen-bond acceptors (Lipinski definition) is 3. The number of aromatic amines is 1. The molecule has 2 aliphatic rings. The minimum absolute atomic E-state index is 0.333. The lowest BCUT2D eigenvalue weighted by molar-refractivity contribution is -0.132. The third kappa shape index (κ3) is 3.94. The summed E-state index contributed by atoms with van der Waals surface area (Å²) in [4.78, 5) is 24.6. The maximum atomic E-state index is 12.0. The number of fused-ring (bicyclic) bond motifs is 1. The molecule has 0 bridgehead atoms. The van der Waals surface area contributed by atoms with Crippen LogP contribution in [0.1, 0.15) is 57.0 Å². The van der Waals surface area contributed by atoms with Crippen LogP contribution in [0.4, 0.5) is 0 Å². The van der Waals surface area contributed by atoms with Crippen molar-refractivity contribution in [2.45, 2.75) is 64.5 Å². The second kappa shape index (κ2) is 7.47. The number of amides is 1. The van der Waals surface area contributed by atoms with Crippen molar-refractivity contribution in [3.63, 3.8) is 0 Å². The normalized spacial score (nSPS) is 26.2. The molecule has 0 spiro atoms. The molecule has 5 heteroatoms. The predicted octanol–water partition coefficient (Wildman–Crippen LogP) is 2.59. The van der Waals surface area contributed by atoms with Gasteiger partial charge in [-0.15, -0.1) is 0 Å². The van der Waals surface area contributed by atoms with E-state index in [1.165, 1.54) is 25.0 Å². The summed E-state index contributed by atoms with van der Waals surface area (Å²) in [5.74, 6) is 2.08. The zero-order valence-electron chi connectivity index (χ0n) is 14.6. The third-order valence-corrected chi connectivity index (χ3v) is 5.48. The van der Waals surface area contributed by atoms with Gasteiger partial charge in [-0.25, -0.2) is 4.98 Å². The molecule has 1 amide bonds. The highest BCUT2D eigenvalue weighted by Crippen LogP contribution is 2.30. The van der Waals surface area contributed by atoms with Gasteiger partial charge < -0.3 is 9.88 Å². The zero-order valence-corrected chi connectivity index (χ0v) is 14.6. The number of nitrogens with one attached hydrogen (secondary N) is 1. The van der Waals surface area contributed by atoms with Crippen molar-refractivity contribution in [1.82, 2.24) is 19.8 Å². The van der Waals surface area contributed by atoms with E-state index in [2.05, 4.69) is 21.8 Å². The van der Waals surface area contributed by atoms with Crippen LogP contribution in [0.5, 0.6) is 0 Å². The Morgan fingerprint density at radius 1 is 1.39 bits per heavy atom. The number of imidazole rings is 1. The summed E-state index contributed by atoms with van der Waals surface area (Å²) in [6.07, 6.45) is 9.51. The summed E-state index contributed by atoms with van der Waals surface area (Å²) in [5.41, 5.74) is 1.23. The number of H-pyrrole nitrogens is 1. The molecule has 1 N–H and O–H groups in total. The first-order valence-corrected chi connectivity index (χ1v) is 9.18. The third-order valence-electron chi connectivity index (χ3n) is 5.48. The van der Waals surface area contributed by atoms with Crippen LogP contribution < -0.4 is 0 Å². The molecule has 0 radical (unpaired) electrons. The van der Waals surface area contributed by atoms with Gasteiger partial charge in [0.05, 0.1) is 0 Å². The Kier molecular flexibility index (Phi) is 5.36. The van der Waals surface area contributed by atoms with E-state index in [-0.39, 0.29) is 0 Å². The molecule has 0 aromatic carbocycles. The van der Waals surface area contributed by atoms with E-state index in [0.717, 1.165) is 51.1 Å². The van der Waals surface area contributed by atoms with E-state index in [0.29, 0.717) is 17.9 Å². The van der Waals surface area contributed by atoms with E-state index in [4.69, 9.17) is 0 Å². The molecule has 3 heterocycles. The fraction of sp³-hybridized carbons (Fsp3) is 0.778. The summed E-state index contributed by atoms with van der Waals surface area (Å²) in [5, 5.41) is 0. The molecule has 0 saturated carbocycles. The molecular weight excluding hydrogens is 288 g/mol. The Labute approximate surface area is 139 Å². The number of hydrogen-bond donors (Lipinski definition) is 1. The highest BCUT2D eigenvalue weighted by atomic mass is 16.2. The highest BCUT2D eigenvalue weighted by molar-refractivity contribution is 5.76. The fourth-order valence-electron chi connectivity index (χ4n) is 4.11. The number of unbranched alkanes of at least 4 members (excludes halogenated alkanes) is 1. The minimum Gasteiger partial charge on any atom is -0.345 e. The van der Waals surface area contributed by atoms with Crippen molar-refractivity contribution < 1.29 is 4.79 Å². The lowest BCUT2D eigenvalue weighted by Gasteiger charge is -2.41. The molecular formula is C18H30N4O. The molecule has 128 valence electrons. The molecule has 5 nitrogen and oxygen atoms in total. The summed E-state index contributed by atoms with van der Waals surface area (Å²) in [7, 11) is 2.00. The molecule has 3 rings (SSSR count). The standard InChI is InChI=1S/C18H30N4O/c1-3-4-7-17-19-11-15(20-17)13-22-10-9-16-14(12-22)6-5-8-18(23)21(16)2/h11,14,16H,3-10,12-13H2,1-2H3,(H,19,20)/t14-,16-/m1/s1. The SMILES string of the molecule is CCCCc1ncc(CN2CC[C@@H]3[C@H](CCCC(=O)N3C)C2)[nH]1. The monoisotopic (exact) mass is 318 g/mol. The van der Waals surface area contributed by atoms with Crippen molar-refractivity contribution in [2.24, 2.45) is 5.92 Å². The maximum absolute atomic E-state index is 12.0. The van der Waals surface area contributed by atoms with E-state index in [1.807, 2.05) is 18.1 Å². The van der Waals surface area contributed by atoms with Gasteiger partial charge in [0.2, 0.25) is 5.91 Å². The van der Waals surface area contributed by atoms with Gasteiger partial charge in [0, 0.05) is 57.5 Å². The quantitative estimate of drug-likeness (QED) is 0.908. The van der Waals surface area contributed by atoms with Gasteiger partial charge in [-0.3, -0.25) is 9.69 Å². The summed E-state index contributed by atoms with van der Waals surface area (Å²) >= 11 is 0. The minimum atomic E-state index is 0.333. The molecule has 2 fully saturated rings. The number of likely N-dealkylation sites (tertiary alicyclic amines) is 2. The van der Waals surface area contributed by atoms with Crippen LogP contribution in [0.3, 0.4) is 0 Å². The fourth-order valence-corrected chi connectivity index (χ4v) is 4.11. The second-order valence-corrected chi connectivity index (χ2v) is 7.21. The molecule has 1 aromatic rings. The molecule has 0 unspecified atom stereocenters. The van der Waals surface area contributed by atoms with Crippen LogP contribution in [0.15, 0.2) is 6.20 Å². The Morgan fingerprint density at radius 2 is 2.26 bits per heavy atom. The first-order valence-electron chi connectivity index (χ1n) is 9.18. The summed E-state index contributed by atoms with van der Waals surface area (Å²) in [6, 6.07) is 0.447. The molecule has 1 aromatic heterocycles. The highest BCUT2D eigenvalue weighted by Gasteiger charge is 2.35. The van der Waals surface area contributed by atoms with Crippen molar-refractivity contribution in [3.8, 4) is 0 Å². The van der Waals surface area contributed by atoms with Gasteiger partial charge in [0.15, 0.2) is 0 Å². The zero-order chi connectivity index (χ0) is 16.2. The number of aryl methyl sites for hydroxylation is 1. The first-order chi connectivity index (χ1) is 11.2. The van der Waals surface area contributed by atoms with Gasteiger partial charge >= 0.3 is 0 Å². The van der Waals surface area contributed by atoms with Crippen molar-refractivity contribution >= 4 is 5.91 Å². The average Bonchev–Trinajstić information content (AvgIpc) is 2.94. The van der Waals surface area contributed by atoms with Crippen molar-refractivity contribution in [2.75, 3.05) is 20.1 Å². The van der Waals surface area contributed by atoms with Crippen molar-refractivity contribution in [1.29, 1.82) is 0 Å². The second-order valence-electron chi connectivity index (χ2n) is 7.21. The van der Waals surface area contributed by atoms with Gasteiger partial charge in [-0.1, -0.05) is 13.3 Å². The van der Waals surface area contributed by atoms with E-state index >= 15 is 0 Å². The van der Waals surface area contributed by atoms with Gasteiger partial charge in [-0.2, -0.15) is 0 Å². The first kappa shape index (κ1) is 16.5. The number of carbonyl (C=O) groups excluding carboxylic acids is 1. The summed E-state index contributed by atoms with van der Waals surface area (Å²) < 4.78 is 0. The van der Waals surface area contributed by atoms with Crippen LogP contribution in [0, 0.1) is 5.92 Å². The number of nitrogens with zero attached hydrogens (tertiary/aromatic N) is 3. The Hall–Kier alpha value is -1.36. The number of piperidine rings is 1. The molecule has 2 atom stereocenters. The Bertz CT molecular complexity index is 527. The van der Waals surface area contributed by atoms with Gasteiger partial charge in [-0.05, 0) is 31.6 Å². The lowest BCUT2D eigenvalue weighted by Crippen LogP contribution is -2.50. The van der Waals surface area contributed by atoms with Crippen LogP contribution in [0.25, 0.3) is 0 Å². The smallest absolute Gasteiger partial charge is 0.222 e. The van der Waals surface area contributed by atoms with E-state index < -0.39 is 0 Å². The molecule has 2 saturated heterocycles. The Morgan fingerprint density at radius 3 is 3.09 bits per heavy atom. The van der Waals surface area contributed by atoms with Crippen LogP contribution >= 0.6 is 0 Å². The number of aromatic nitrogens is 2. The van der Waals surface area contributed by atoms with Crippen LogP contribution in [-0.2, 0) is 17.8 Å². The van der Waals surface area contributed by atoms with Crippen LogP contribution in [-0.4, -0.2) is 51.9 Å². The number of carbonyl (C=O) groups is 1. The molecule has 0 aliphatic carbocycles. The van der Waals surface area contributed by atoms with E-state index in [1.54, 1.807) is 0 Å². The maximum Gasteiger partial charge on any atom is 0.222 e. The average molecular weight is 318 g/mol. The van der Waals surface area contributed by atoms with Gasteiger partial charge in [0.1, 0.15) is 5.82 Å².